The summed E-state index contributed by atoms with van der Waals surface area (Å²) in [7, 11) is 1.62. The number of carbonyl (C=O) groups excluding carboxylic acids is 1. The van der Waals surface area contributed by atoms with Crippen LogP contribution in [0.1, 0.15) is 17.2 Å². The predicted molar refractivity (Wildman–Crippen MR) is 94.5 cm³/mol. The number of para-hydroxylation sites is 1. The molecule has 0 aliphatic rings. The van der Waals surface area contributed by atoms with Crippen LogP contribution in [0, 0.1) is 0 Å². The van der Waals surface area contributed by atoms with Crippen LogP contribution in [-0.4, -0.2) is 31.3 Å². The molecule has 2 aromatic carbocycles. The summed E-state index contributed by atoms with van der Waals surface area (Å²) in [6.07, 6.45) is -0.191. The van der Waals surface area contributed by atoms with Gasteiger partial charge >= 0.3 is 6.03 Å². The Morgan fingerprint density at radius 3 is 2.62 bits per heavy atom. The second-order valence-electron chi connectivity index (χ2n) is 5.24. The quantitative estimate of drug-likeness (QED) is 0.720. The maximum absolute atomic E-state index is 11.8. The number of ether oxygens (including phenoxy) is 1. The summed E-state index contributed by atoms with van der Waals surface area (Å²) < 4.78 is 5.27. The molecule has 6 heteroatoms. The van der Waals surface area contributed by atoms with E-state index in [1.54, 1.807) is 31.4 Å². The first-order chi connectivity index (χ1) is 11.6. The third-order valence-corrected chi connectivity index (χ3v) is 3.94. The van der Waals surface area contributed by atoms with Crippen LogP contribution in [0.3, 0.4) is 0 Å². The topological polar surface area (TPSA) is 70.6 Å². The number of carbonyl (C=O) groups is 1. The second kappa shape index (κ2) is 9.15. The largest absolute Gasteiger partial charge is 0.496 e. The average Bonchev–Trinajstić information content (AvgIpc) is 2.60. The van der Waals surface area contributed by atoms with Gasteiger partial charge in [0, 0.05) is 23.7 Å². The molecule has 24 heavy (non-hydrogen) atoms. The van der Waals surface area contributed by atoms with Crippen molar-refractivity contribution in [1.82, 2.24) is 10.6 Å². The highest BCUT2D eigenvalue weighted by Gasteiger charge is 2.12. The number of urea groups is 1. The van der Waals surface area contributed by atoms with E-state index in [1.165, 1.54) is 0 Å². The van der Waals surface area contributed by atoms with Gasteiger partial charge in [-0.2, -0.15) is 0 Å². The number of hydrogen-bond donors (Lipinski definition) is 3. The van der Waals surface area contributed by atoms with Crippen molar-refractivity contribution in [2.24, 2.45) is 0 Å². The Labute approximate surface area is 146 Å². The van der Waals surface area contributed by atoms with E-state index in [9.17, 15) is 9.90 Å². The maximum Gasteiger partial charge on any atom is 0.314 e. The standard InChI is InChI=1S/C18H21ClN2O3/c1-24-17-9-5-2-6-13(17)10-11-20-18(23)21-12-16(22)14-7-3-4-8-15(14)19/h2-9,16,22H,10-12H2,1H3,(H2,20,21,23). The van der Waals surface area contributed by atoms with Crippen molar-refractivity contribution in [1.29, 1.82) is 0 Å². The third kappa shape index (κ3) is 5.15. The van der Waals surface area contributed by atoms with Crippen LogP contribution in [0.25, 0.3) is 0 Å². The number of methoxy groups -OCH3 is 1. The molecule has 1 unspecified atom stereocenters. The molecule has 0 radical (unpaired) electrons. The summed E-state index contributed by atoms with van der Waals surface area (Å²) in [6.45, 7) is 0.554. The van der Waals surface area contributed by atoms with Crippen molar-refractivity contribution in [2.75, 3.05) is 20.2 Å². The van der Waals surface area contributed by atoms with Crippen molar-refractivity contribution in [2.45, 2.75) is 12.5 Å². The number of hydrogen-bond acceptors (Lipinski definition) is 3. The van der Waals surface area contributed by atoms with Crippen LogP contribution in [-0.2, 0) is 6.42 Å². The lowest BCUT2D eigenvalue weighted by Gasteiger charge is -2.14. The van der Waals surface area contributed by atoms with Gasteiger partial charge in [-0.25, -0.2) is 4.79 Å². The fourth-order valence-electron chi connectivity index (χ4n) is 2.33. The summed E-state index contributed by atoms with van der Waals surface area (Å²) in [5, 5.41) is 15.9. The fourth-order valence-corrected chi connectivity index (χ4v) is 2.59. The molecule has 0 heterocycles. The Balaban J connectivity index is 1.75. The molecule has 0 saturated heterocycles. The summed E-state index contributed by atoms with van der Waals surface area (Å²) in [4.78, 5) is 11.8. The van der Waals surface area contributed by atoms with E-state index in [0.717, 1.165) is 11.3 Å². The molecule has 0 aliphatic heterocycles. The summed E-state index contributed by atoms with van der Waals surface area (Å²) in [6, 6.07) is 14.3. The van der Waals surface area contributed by atoms with Gasteiger partial charge in [0.1, 0.15) is 5.75 Å². The van der Waals surface area contributed by atoms with Gasteiger partial charge in [0.2, 0.25) is 0 Å². The van der Waals surface area contributed by atoms with Gasteiger partial charge in [0.05, 0.1) is 13.2 Å². The van der Waals surface area contributed by atoms with Gasteiger partial charge in [-0.15, -0.1) is 0 Å². The average molecular weight is 349 g/mol. The molecule has 0 bridgehead atoms. The summed E-state index contributed by atoms with van der Waals surface area (Å²) >= 11 is 6.01. The van der Waals surface area contributed by atoms with Crippen LogP contribution < -0.4 is 15.4 Å². The highest BCUT2D eigenvalue weighted by atomic mass is 35.5. The molecule has 0 aromatic heterocycles. The lowest BCUT2D eigenvalue weighted by atomic mass is 10.1. The minimum Gasteiger partial charge on any atom is -0.496 e. The molecule has 128 valence electrons. The highest BCUT2D eigenvalue weighted by molar-refractivity contribution is 6.31. The van der Waals surface area contributed by atoms with E-state index < -0.39 is 6.10 Å². The molecule has 2 amide bonds. The van der Waals surface area contributed by atoms with E-state index in [4.69, 9.17) is 16.3 Å². The number of aliphatic hydroxyl groups excluding tert-OH is 1. The number of halogens is 1. The highest BCUT2D eigenvalue weighted by Crippen LogP contribution is 2.21. The lowest BCUT2D eigenvalue weighted by Crippen LogP contribution is -2.38. The van der Waals surface area contributed by atoms with Gasteiger partial charge in [-0.3, -0.25) is 0 Å². The number of rotatable bonds is 7. The first-order valence-electron chi connectivity index (χ1n) is 7.68. The normalized spacial score (nSPS) is 11.6. The molecule has 5 nitrogen and oxygen atoms in total. The van der Waals surface area contributed by atoms with E-state index in [0.29, 0.717) is 23.6 Å². The van der Waals surface area contributed by atoms with E-state index in [1.807, 2.05) is 24.3 Å². The van der Waals surface area contributed by atoms with Crippen molar-refractivity contribution in [3.63, 3.8) is 0 Å². The van der Waals surface area contributed by atoms with Crippen LogP contribution in [0.15, 0.2) is 48.5 Å². The van der Waals surface area contributed by atoms with Crippen molar-refractivity contribution >= 4 is 17.6 Å². The molecular weight excluding hydrogens is 328 g/mol. The van der Waals surface area contributed by atoms with Crippen LogP contribution in [0.4, 0.5) is 4.79 Å². The molecule has 0 fully saturated rings. The third-order valence-electron chi connectivity index (χ3n) is 3.59. The van der Waals surface area contributed by atoms with Crippen molar-refractivity contribution < 1.29 is 14.6 Å². The van der Waals surface area contributed by atoms with Gasteiger partial charge < -0.3 is 20.5 Å². The molecule has 1 atom stereocenters. The monoisotopic (exact) mass is 348 g/mol. The zero-order valence-electron chi connectivity index (χ0n) is 13.5. The van der Waals surface area contributed by atoms with Crippen LogP contribution in [0.5, 0.6) is 5.75 Å². The zero-order valence-corrected chi connectivity index (χ0v) is 14.2. The van der Waals surface area contributed by atoms with E-state index in [-0.39, 0.29) is 12.6 Å². The number of aliphatic hydroxyl groups is 1. The Bertz CT molecular complexity index is 679. The van der Waals surface area contributed by atoms with Gasteiger partial charge in [0.15, 0.2) is 0 Å². The van der Waals surface area contributed by atoms with Crippen molar-refractivity contribution in [3.05, 3.63) is 64.7 Å². The SMILES string of the molecule is COc1ccccc1CCNC(=O)NCC(O)c1ccccc1Cl. The first kappa shape index (κ1) is 18.1. The zero-order chi connectivity index (χ0) is 17.4. The van der Waals surface area contributed by atoms with Crippen LogP contribution >= 0.6 is 11.6 Å². The second-order valence-corrected chi connectivity index (χ2v) is 5.64. The Kier molecular flexibility index (Phi) is 6.90. The van der Waals surface area contributed by atoms with Gasteiger partial charge in [-0.05, 0) is 24.1 Å². The minimum absolute atomic E-state index is 0.0875. The van der Waals surface area contributed by atoms with E-state index >= 15 is 0 Å². The number of benzene rings is 2. The molecular formula is C18H21ClN2O3. The summed E-state index contributed by atoms with van der Waals surface area (Å²) in [5.41, 5.74) is 1.62. The molecule has 0 saturated carbocycles. The Hall–Kier alpha value is -2.24. The Morgan fingerprint density at radius 1 is 1.17 bits per heavy atom. The fraction of sp³-hybridized carbons (Fsp3) is 0.278. The number of amides is 2. The Morgan fingerprint density at radius 2 is 1.88 bits per heavy atom. The van der Waals surface area contributed by atoms with Gasteiger partial charge in [0.25, 0.3) is 0 Å². The smallest absolute Gasteiger partial charge is 0.314 e. The predicted octanol–water partition coefficient (Wildman–Crippen LogP) is 2.92. The molecule has 2 rings (SSSR count). The molecule has 0 aliphatic carbocycles. The molecule has 3 N–H and O–H groups in total. The van der Waals surface area contributed by atoms with Crippen LogP contribution in [0.2, 0.25) is 5.02 Å². The van der Waals surface area contributed by atoms with Gasteiger partial charge in [-0.1, -0.05) is 48.0 Å². The van der Waals surface area contributed by atoms with E-state index in [2.05, 4.69) is 10.6 Å². The first-order valence-corrected chi connectivity index (χ1v) is 8.05. The number of nitrogens with one attached hydrogen (secondary N) is 2. The lowest BCUT2D eigenvalue weighted by molar-refractivity contribution is 0.173. The molecule has 2 aromatic rings. The summed E-state index contributed by atoms with van der Waals surface area (Å²) in [5.74, 6) is 0.800. The maximum atomic E-state index is 11.8. The van der Waals surface area contributed by atoms with Crippen molar-refractivity contribution in [3.8, 4) is 5.75 Å². The molecule has 0 spiro atoms. The minimum atomic E-state index is -0.848.